The molecule has 0 bridgehead atoms. The Labute approximate surface area is 275 Å². The molecule has 3 N–H and O–H groups in total. The third-order valence-corrected chi connectivity index (χ3v) is 8.37. The molecular weight excluding hydrogens is 616 g/mol. The van der Waals surface area contributed by atoms with E-state index in [1.54, 1.807) is 6.07 Å². The van der Waals surface area contributed by atoms with E-state index in [0.717, 1.165) is 27.4 Å². The molecule has 0 saturated carbocycles. The predicted molar refractivity (Wildman–Crippen MR) is 176 cm³/mol. The topological polar surface area (TPSA) is 160 Å². The van der Waals surface area contributed by atoms with Gasteiger partial charge < -0.3 is 34.1 Å². The molecule has 0 fully saturated rings. The molecule has 2 heterocycles. The number of oxazole rings is 1. The Morgan fingerprint density at radius 1 is 0.875 bits per heavy atom. The highest BCUT2D eigenvalue weighted by molar-refractivity contribution is 5.89. The van der Waals surface area contributed by atoms with Crippen LogP contribution in [-0.4, -0.2) is 62.5 Å². The summed E-state index contributed by atoms with van der Waals surface area (Å²) >= 11 is 0. The lowest BCUT2D eigenvalue weighted by Gasteiger charge is -2.31. The Morgan fingerprint density at radius 2 is 1.65 bits per heavy atom. The van der Waals surface area contributed by atoms with Crippen molar-refractivity contribution in [2.45, 2.75) is 37.8 Å². The van der Waals surface area contributed by atoms with E-state index in [9.17, 15) is 29.7 Å². The Hall–Kier alpha value is -5.68. The first-order valence-corrected chi connectivity index (χ1v) is 15.5. The van der Waals surface area contributed by atoms with E-state index in [2.05, 4.69) is 4.98 Å². The molecule has 1 aliphatic heterocycles. The van der Waals surface area contributed by atoms with Crippen LogP contribution in [0.15, 0.2) is 101 Å². The summed E-state index contributed by atoms with van der Waals surface area (Å²) in [4.78, 5) is 43.3. The van der Waals surface area contributed by atoms with Gasteiger partial charge in [0.1, 0.15) is 17.5 Å². The number of nitrogens with zero attached hydrogens (tertiary/aromatic N) is 2. The predicted octanol–water partition coefficient (Wildman–Crippen LogP) is 5.55. The second-order valence-corrected chi connectivity index (χ2v) is 11.7. The van der Waals surface area contributed by atoms with E-state index in [1.165, 1.54) is 4.90 Å². The Balaban J connectivity index is 1.30. The SMILES string of the molecule is O=C(O)C[C@H](C(=O)O)[C@H](O)C(=O)N(Cc1ccc2ccccc2c1)C[C@H](C/C=C/Cc1nc2ccccc2o1)c1ccc2c(c1)OCO2. The highest BCUT2D eigenvalue weighted by atomic mass is 16.7. The minimum Gasteiger partial charge on any atom is -0.481 e. The Kier molecular flexibility index (Phi) is 9.67. The number of aliphatic hydroxyl groups excluding tert-OH is 1. The molecule has 246 valence electrons. The number of allylic oxidation sites excluding steroid dienone is 2. The standard InChI is InChI=1S/C37H34N2O9/c40-34(41)19-28(37(44)45)35(42)36(43)39(20-23-13-14-24-7-1-2-8-25(24)17-23)21-27(26-15-16-31-32(18-26)47-22-46-31)9-3-6-12-33-38-29-10-4-5-11-30(29)48-33/h1-8,10-11,13-18,27-28,35,42H,9,12,19-22H2,(H,40,41)(H,44,45)/b6-3+/t27-,28-,35-/m0/s1. The molecule has 0 saturated heterocycles. The number of hydrogen-bond donors (Lipinski definition) is 3. The van der Waals surface area contributed by atoms with Gasteiger partial charge in [-0.2, -0.15) is 0 Å². The third-order valence-electron chi connectivity index (χ3n) is 8.37. The number of fused-ring (bicyclic) bond motifs is 3. The Morgan fingerprint density at radius 3 is 2.44 bits per heavy atom. The fraction of sp³-hybridized carbons (Fsp3) is 0.243. The van der Waals surface area contributed by atoms with Gasteiger partial charge in [0.05, 0.1) is 6.42 Å². The number of aromatic nitrogens is 1. The number of carboxylic acids is 2. The summed E-state index contributed by atoms with van der Waals surface area (Å²) in [7, 11) is 0. The van der Waals surface area contributed by atoms with E-state index < -0.39 is 36.3 Å². The lowest BCUT2D eigenvalue weighted by molar-refractivity contribution is -0.159. The molecule has 48 heavy (non-hydrogen) atoms. The van der Waals surface area contributed by atoms with Gasteiger partial charge in [-0.15, -0.1) is 0 Å². The van der Waals surface area contributed by atoms with Crippen molar-refractivity contribution in [3.05, 3.63) is 114 Å². The monoisotopic (exact) mass is 650 g/mol. The van der Waals surface area contributed by atoms with Gasteiger partial charge in [-0.3, -0.25) is 14.4 Å². The number of carbonyl (C=O) groups excluding carboxylic acids is 1. The number of carbonyl (C=O) groups is 3. The average molecular weight is 651 g/mol. The van der Waals surface area contributed by atoms with Crippen LogP contribution in [0.1, 0.15) is 35.8 Å². The average Bonchev–Trinajstić information content (AvgIpc) is 3.73. The summed E-state index contributed by atoms with van der Waals surface area (Å²) in [5.74, 6) is -4.32. The largest absolute Gasteiger partial charge is 0.481 e. The smallest absolute Gasteiger partial charge is 0.310 e. The first kappa shape index (κ1) is 32.3. The first-order valence-electron chi connectivity index (χ1n) is 15.5. The fourth-order valence-electron chi connectivity index (χ4n) is 5.87. The van der Waals surface area contributed by atoms with E-state index in [1.807, 2.05) is 91.0 Å². The number of hydrogen-bond acceptors (Lipinski definition) is 8. The van der Waals surface area contributed by atoms with Crippen molar-refractivity contribution in [3.63, 3.8) is 0 Å². The van der Waals surface area contributed by atoms with Crippen molar-refractivity contribution in [1.82, 2.24) is 9.88 Å². The second-order valence-electron chi connectivity index (χ2n) is 11.7. The van der Waals surface area contributed by atoms with Crippen LogP contribution >= 0.6 is 0 Å². The maximum absolute atomic E-state index is 13.9. The van der Waals surface area contributed by atoms with Crippen molar-refractivity contribution < 1.29 is 43.6 Å². The number of para-hydroxylation sites is 2. The second kappa shape index (κ2) is 14.4. The summed E-state index contributed by atoms with van der Waals surface area (Å²) in [5, 5.41) is 32.0. The third kappa shape index (κ3) is 7.48. The number of amides is 1. The fourth-order valence-corrected chi connectivity index (χ4v) is 5.87. The van der Waals surface area contributed by atoms with Crippen LogP contribution in [0.3, 0.4) is 0 Å². The van der Waals surface area contributed by atoms with Crippen LogP contribution < -0.4 is 9.47 Å². The highest BCUT2D eigenvalue weighted by Gasteiger charge is 2.37. The van der Waals surface area contributed by atoms with Crippen molar-refractivity contribution >= 4 is 39.7 Å². The van der Waals surface area contributed by atoms with Gasteiger partial charge in [0, 0.05) is 25.4 Å². The number of aliphatic hydroxyl groups is 1. The maximum Gasteiger partial charge on any atom is 0.310 e. The van der Waals surface area contributed by atoms with Gasteiger partial charge in [-0.1, -0.05) is 66.7 Å². The summed E-state index contributed by atoms with van der Waals surface area (Å²) in [6.07, 6.45) is 1.80. The number of aliphatic carboxylic acids is 2. The van der Waals surface area contributed by atoms with Crippen molar-refractivity contribution in [2.24, 2.45) is 5.92 Å². The van der Waals surface area contributed by atoms with E-state index in [0.29, 0.717) is 35.8 Å². The number of rotatable bonds is 14. The lowest BCUT2D eigenvalue weighted by atomic mass is 9.92. The van der Waals surface area contributed by atoms with E-state index in [-0.39, 0.29) is 25.8 Å². The number of carboxylic acid groups (broad SMARTS) is 2. The van der Waals surface area contributed by atoms with Gasteiger partial charge in [0.15, 0.2) is 23.0 Å². The Bertz CT molecular complexity index is 1950. The molecule has 3 atom stereocenters. The molecule has 0 radical (unpaired) electrons. The lowest BCUT2D eigenvalue weighted by Crippen LogP contribution is -2.46. The quantitative estimate of drug-likeness (QED) is 0.130. The molecule has 1 amide bonds. The van der Waals surface area contributed by atoms with Crippen LogP contribution in [0.25, 0.3) is 21.9 Å². The summed E-state index contributed by atoms with van der Waals surface area (Å²) in [6.45, 7) is 0.218. The molecule has 0 aliphatic carbocycles. The summed E-state index contributed by atoms with van der Waals surface area (Å²) in [6, 6.07) is 26.5. The normalized spacial score (nSPS) is 14.3. The first-order chi connectivity index (χ1) is 23.2. The van der Waals surface area contributed by atoms with Gasteiger partial charge in [-0.25, -0.2) is 4.98 Å². The minimum absolute atomic E-state index is 0.0494. The molecule has 0 unspecified atom stereocenters. The van der Waals surface area contributed by atoms with Gasteiger partial charge in [-0.05, 0) is 58.7 Å². The van der Waals surface area contributed by atoms with Crippen molar-refractivity contribution in [1.29, 1.82) is 0 Å². The zero-order chi connectivity index (χ0) is 33.6. The number of ether oxygens (including phenoxy) is 2. The van der Waals surface area contributed by atoms with Crippen LogP contribution in [0, 0.1) is 5.92 Å². The molecule has 0 spiro atoms. The summed E-state index contributed by atoms with van der Waals surface area (Å²) in [5.41, 5.74) is 3.05. The van der Waals surface area contributed by atoms with E-state index >= 15 is 0 Å². The van der Waals surface area contributed by atoms with Crippen LogP contribution in [0.4, 0.5) is 0 Å². The molecule has 5 aromatic rings. The highest BCUT2D eigenvalue weighted by Crippen LogP contribution is 2.36. The zero-order valence-electron chi connectivity index (χ0n) is 25.9. The van der Waals surface area contributed by atoms with Gasteiger partial charge in [0.2, 0.25) is 6.79 Å². The molecule has 11 heteroatoms. The van der Waals surface area contributed by atoms with Crippen LogP contribution in [0.5, 0.6) is 11.5 Å². The summed E-state index contributed by atoms with van der Waals surface area (Å²) < 4.78 is 17.0. The molecule has 6 rings (SSSR count). The van der Waals surface area contributed by atoms with Crippen LogP contribution in [-0.2, 0) is 27.3 Å². The molecular formula is C37H34N2O9. The maximum atomic E-state index is 13.9. The minimum atomic E-state index is -2.08. The molecule has 1 aliphatic rings. The molecule has 11 nitrogen and oxygen atoms in total. The molecule has 1 aromatic heterocycles. The van der Waals surface area contributed by atoms with Crippen molar-refractivity contribution in [2.75, 3.05) is 13.3 Å². The van der Waals surface area contributed by atoms with Gasteiger partial charge >= 0.3 is 11.9 Å². The number of benzene rings is 4. The van der Waals surface area contributed by atoms with Gasteiger partial charge in [0.25, 0.3) is 5.91 Å². The van der Waals surface area contributed by atoms with Crippen molar-refractivity contribution in [3.8, 4) is 11.5 Å². The molecule has 4 aromatic carbocycles. The van der Waals surface area contributed by atoms with E-state index in [4.69, 9.17) is 13.9 Å². The van der Waals surface area contributed by atoms with Crippen LogP contribution in [0.2, 0.25) is 0 Å². The zero-order valence-corrected chi connectivity index (χ0v) is 25.9.